The highest BCUT2D eigenvalue weighted by atomic mass is 16.0. The molecule has 2 rings (SSSR count). The van der Waals surface area contributed by atoms with Crippen LogP contribution < -0.4 is 0 Å². The Kier molecular flexibility index (Phi) is 2.32. The van der Waals surface area contributed by atoms with E-state index < -0.39 is 0 Å². The lowest BCUT2D eigenvalue weighted by molar-refractivity contribution is 0.179. The fourth-order valence-corrected chi connectivity index (χ4v) is 2.38. The van der Waals surface area contributed by atoms with Crippen molar-refractivity contribution in [2.45, 2.75) is 44.2 Å². The standard InChI is InChI=1S/C8H15N.H2O/c1-9-7-3-2-4-8(9)6-5-7;/h7-8H,2-6H2,1H3;1H2/t7-,8+;. The number of hydrogen-bond acceptors (Lipinski definition) is 1. The second-order valence-electron chi connectivity index (χ2n) is 3.48. The van der Waals surface area contributed by atoms with Crippen LogP contribution in [0.5, 0.6) is 0 Å². The van der Waals surface area contributed by atoms with E-state index in [4.69, 9.17) is 0 Å². The number of fused-ring (bicyclic) bond motifs is 2. The fraction of sp³-hybridized carbons (Fsp3) is 1.00. The maximum absolute atomic E-state index is 2.59. The van der Waals surface area contributed by atoms with Crippen molar-refractivity contribution < 1.29 is 5.48 Å². The van der Waals surface area contributed by atoms with Crippen LogP contribution in [0, 0.1) is 0 Å². The predicted molar refractivity (Wildman–Crippen MR) is 42.0 cm³/mol. The van der Waals surface area contributed by atoms with Crippen LogP contribution in [0.1, 0.15) is 32.1 Å². The molecular formula is C8H17NO. The molecule has 2 heterocycles. The molecule has 0 unspecified atom stereocenters. The van der Waals surface area contributed by atoms with E-state index in [1.807, 2.05) is 0 Å². The lowest BCUT2D eigenvalue weighted by atomic mass is 10.0. The summed E-state index contributed by atoms with van der Waals surface area (Å²) in [6, 6.07) is 1.92. The van der Waals surface area contributed by atoms with Crippen molar-refractivity contribution in [2.24, 2.45) is 0 Å². The van der Waals surface area contributed by atoms with Gasteiger partial charge in [-0.05, 0) is 32.7 Å². The third-order valence-electron chi connectivity index (χ3n) is 3.06. The van der Waals surface area contributed by atoms with E-state index in [0.29, 0.717) is 0 Å². The molecule has 10 heavy (non-hydrogen) atoms. The van der Waals surface area contributed by atoms with Crippen molar-refractivity contribution in [1.29, 1.82) is 0 Å². The molecule has 2 aliphatic rings. The molecule has 2 heteroatoms. The molecule has 2 saturated heterocycles. The highest BCUT2D eigenvalue weighted by molar-refractivity contribution is 4.89. The van der Waals surface area contributed by atoms with Gasteiger partial charge in [-0.2, -0.15) is 0 Å². The minimum Gasteiger partial charge on any atom is -0.412 e. The monoisotopic (exact) mass is 143 g/mol. The summed E-state index contributed by atoms with van der Waals surface area (Å²) < 4.78 is 0. The molecule has 2 N–H and O–H groups in total. The van der Waals surface area contributed by atoms with Crippen molar-refractivity contribution in [3.63, 3.8) is 0 Å². The molecule has 0 aromatic heterocycles. The average Bonchev–Trinajstić information content (AvgIpc) is 2.19. The van der Waals surface area contributed by atoms with Crippen LogP contribution in [0.3, 0.4) is 0 Å². The number of rotatable bonds is 0. The summed E-state index contributed by atoms with van der Waals surface area (Å²) in [6.07, 6.45) is 7.36. The smallest absolute Gasteiger partial charge is 0.00957 e. The molecular weight excluding hydrogens is 126 g/mol. The summed E-state index contributed by atoms with van der Waals surface area (Å²) in [5.74, 6) is 0. The van der Waals surface area contributed by atoms with Crippen LogP contribution in [0.25, 0.3) is 0 Å². The predicted octanol–water partition coefficient (Wildman–Crippen LogP) is 0.808. The summed E-state index contributed by atoms with van der Waals surface area (Å²) in [5.41, 5.74) is 0. The van der Waals surface area contributed by atoms with E-state index in [2.05, 4.69) is 11.9 Å². The van der Waals surface area contributed by atoms with E-state index in [0.717, 1.165) is 12.1 Å². The molecule has 0 aliphatic carbocycles. The quantitative estimate of drug-likeness (QED) is 0.494. The Bertz CT molecular complexity index is 99.8. The third kappa shape index (κ3) is 1.06. The van der Waals surface area contributed by atoms with E-state index in [1.165, 1.54) is 32.1 Å². The van der Waals surface area contributed by atoms with Crippen molar-refractivity contribution in [2.75, 3.05) is 7.05 Å². The molecule has 2 fully saturated rings. The zero-order chi connectivity index (χ0) is 6.27. The van der Waals surface area contributed by atoms with Crippen LogP contribution >= 0.6 is 0 Å². The van der Waals surface area contributed by atoms with Gasteiger partial charge in [0.05, 0.1) is 0 Å². The van der Waals surface area contributed by atoms with Gasteiger partial charge in [-0.3, -0.25) is 0 Å². The zero-order valence-corrected chi connectivity index (χ0v) is 6.64. The van der Waals surface area contributed by atoms with Crippen molar-refractivity contribution in [1.82, 2.24) is 4.90 Å². The molecule has 0 amide bonds. The second kappa shape index (κ2) is 2.89. The summed E-state index contributed by atoms with van der Waals surface area (Å²) in [6.45, 7) is 0. The van der Waals surface area contributed by atoms with Gasteiger partial charge < -0.3 is 10.4 Å². The number of nitrogens with zero attached hydrogens (tertiary/aromatic N) is 1. The molecule has 0 spiro atoms. The summed E-state index contributed by atoms with van der Waals surface area (Å²) in [4.78, 5) is 2.59. The third-order valence-corrected chi connectivity index (χ3v) is 3.06. The first kappa shape index (κ1) is 8.02. The molecule has 2 aliphatic heterocycles. The van der Waals surface area contributed by atoms with Crippen LogP contribution in [-0.2, 0) is 0 Å². The van der Waals surface area contributed by atoms with Gasteiger partial charge in [0.15, 0.2) is 0 Å². The van der Waals surface area contributed by atoms with Gasteiger partial charge in [-0.15, -0.1) is 0 Å². The molecule has 2 nitrogen and oxygen atoms in total. The van der Waals surface area contributed by atoms with Crippen LogP contribution in [-0.4, -0.2) is 29.5 Å². The topological polar surface area (TPSA) is 34.7 Å². The average molecular weight is 143 g/mol. The minimum absolute atomic E-state index is 0. The second-order valence-corrected chi connectivity index (χ2v) is 3.48. The Morgan fingerprint density at radius 2 is 1.50 bits per heavy atom. The molecule has 2 atom stereocenters. The van der Waals surface area contributed by atoms with Crippen molar-refractivity contribution in [3.8, 4) is 0 Å². The first-order valence-electron chi connectivity index (χ1n) is 4.10. The maximum Gasteiger partial charge on any atom is 0.00957 e. The Morgan fingerprint density at radius 3 is 1.90 bits per heavy atom. The first-order valence-corrected chi connectivity index (χ1v) is 4.10. The largest absolute Gasteiger partial charge is 0.412 e. The maximum atomic E-state index is 2.59. The lowest BCUT2D eigenvalue weighted by Gasteiger charge is -2.30. The minimum atomic E-state index is 0. The first-order chi connectivity index (χ1) is 4.38. The van der Waals surface area contributed by atoms with Gasteiger partial charge in [0.25, 0.3) is 0 Å². The Balaban J connectivity index is 0.000000500. The lowest BCUT2D eigenvalue weighted by Crippen LogP contribution is -2.35. The molecule has 2 bridgehead atoms. The summed E-state index contributed by atoms with van der Waals surface area (Å²) in [7, 11) is 2.29. The van der Waals surface area contributed by atoms with E-state index in [9.17, 15) is 0 Å². The normalized spacial score (nSPS) is 39.3. The Morgan fingerprint density at radius 1 is 1.00 bits per heavy atom. The van der Waals surface area contributed by atoms with Crippen LogP contribution in [0.2, 0.25) is 0 Å². The highest BCUT2D eigenvalue weighted by Crippen LogP contribution is 2.33. The Hall–Kier alpha value is -0.0800. The van der Waals surface area contributed by atoms with Gasteiger partial charge >= 0.3 is 0 Å². The van der Waals surface area contributed by atoms with Crippen molar-refractivity contribution in [3.05, 3.63) is 0 Å². The zero-order valence-electron chi connectivity index (χ0n) is 6.64. The number of piperidine rings is 1. The van der Waals surface area contributed by atoms with E-state index in [-0.39, 0.29) is 5.48 Å². The molecule has 0 aromatic carbocycles. The molecule has 0 radical (unpaired) electrons. The van der Waals surface area contributed by atoms with Gasteiger partial charge in [0, 0.05) is 12.1 Å². The van der Waals surface area contributed by atoms with Gasteiger partial charge in [0.2, 0.25) is 0 Å². The molecule has 0 saturated carbocycles. The van der Waals surface area contributed by atoms with Gasteiger partial charge in [0.1, 0.15) is 0 Å². The summed E-state index contributed by atoms with van der Waals surface area (Å²) in [5, 5.41) is 0. The van der Waals surface area contributed by atoms with Crippen LogP contribution in [0.15, 0.2) is 0 Å². The SMILES string of the molecule is CN1[C@@H]2CCC[C@H]1CC2.O. The van der Waals surface area contributed by atoms with E-state index in [1.54, 1.807) is 0 Å². The van der Waals surface area contributed by atoms with Gasteiger partial charge in [-0.1, -0.05) is 6.42 Å². The summed E-state index contributed by atoms with van der Waals surface area (Å²) >= 11 is 0. The van der Waals surface area contributed by atoms with Crippen LogP contribution in [0.4, 0.5) is 0 Å². The van der Waals surface area contributed by atoms with E-state index >= 15 is 0 Å². The molecule has 60 valence electrons. The fourth-order valence-electron chi connectivity index (χ4n) is 2.38. The number of hydrogen-bond donors (Lipinski definition) is 0. The Labute approximate surface area is 62.5 Å². The molecule has 0 aromatic rings. The van der Waals surface area contributed by atoms with Gasteiger partial charge in [-0.25, -0.2) is 0 Å². The van der Waals surface area contributed by atoms with Crippen molar-refractivity contribution >= 4 is 0 Å². The highest BCUT2D eigenvalue weighted by Gasteiger charge is 2.33.